The SMILES string of the molecule is Cc1ccc(CN(C)C(=O)c2cc(Cl)ccc2N)c(C)c1. The molecule has 2 aromatic carbocycles. The van der Waals surface area contributed by atoms with Gasteiger partial charge in [-0.3, -0.25) is 4.79 Å². The van der Waals surface area contributed by atoms with Gasteiger partial charge in [-0.05, 0) is 43.2 Å². The number of nitrogen functional groups attached to an aromatic ring is 1. The molecule has 2 rings (SSSR count). The highest BCUT2D eigenvalue weighted by Gasteiger charge is 2.16. The highest BCUT2D eigenvalue weighted by atomic mass is 35.5. The third-order valence-electron chi connectivity index (χ3n) is 3.50. The van der Waals surface area contributed by atoms with Crippen LogP contribution in [0.4, 0.5) is 5.69 Å². The topological polar surface area (TPSA) is 46.3 Å². The summed E-state index contributed by atoms with van der Waals surface area (Å²) in [5, 5.41) is 0.507. The van der Waals surface area contributed by atoms with Gasteiger partial charge in [0.15, 0.2) is 0 Å². The molecule has 0 spiro atoms. The van der Waals surface area contributed by atoms with E-state index in [-0.39, 0.29) is 5.91 Å². The van der Waals surface area contributed by atoms with Gasteiger partial charge in [0.1, 0.15) is 0 Å². The van der Waals surface area contributed by atoms with Crippen molar-refractivity contribution in [2.24, 2.45) is 0 Å². The monoisotopic (exact) mass is 302 g/mol. The minimum absolute atomic E-state index is 0.130. The number of nitrogens with zero attached hydrogens (tertiary/aromatic N) is 1. The summed E-state index contributed by atoms with van der Waals surface area (Å²) in [7, 11) is 1.77. The summed E-state index contributed by atoms with van der Waals surface area (Å²) in [6.07, 6.45) is 0. The van der Waals surface area contributed by atoms with Crippen LogP contribution in [0, 0.1) is 13.8 Å². The van der Waals surface area contributed by atoms with Crippen LogP contribution in [0.1, 0.15) is 27.0 Å². The van der Waals surface area contributed by atoms with Gasteiger partial charge in [-0.1, -0.05) is 35.4 Å². The highest BCUT2D eigenvalue weighted by Crippen LogP contribution is 2.20. The van der Waals surface area contributed by atoms with Crippen LogP contribution >= 0.6 is 11.6 Å². The minimum Gasteiger partial charge on any atom is -0.398 e. The fourth-order valence-electron chi connectivity index (χ4n) is 2.27. The average Bonchev–Trinajstić information content (AvgIpc) is 2.43. The number of carbonyl (C=O) groups is 1. The first kappa shape index (κ1) is 15.4. The zero-order valence-corrected chi connectivity index (χ0v) is 13.2. The molecule has 0 radical (unpaired) electrons. The lowest BCUT2D eigenvalue weighted by Crippen LogP contribution is -2.27. The maximum atomic E-state index is 12.5. The molecule has 0 atom stereocenters. The molecule has 0 aliphatic carbocycles. The highest BCUT2D eigenvalue weighted by molar-refractivity contribution is 6.31. The second kappa shape index (κ2) is 6.19. The van der Waals surface area contributed by atoms with E-state index in [0.717, 1.165) is 5.56 Å². The number of rotatable bonds is 3. The van der Waals surface area contributed by atoms with Crippen molar-refractivity contribution in [1.82, 2.24) is 4.90 Å². The van der Waals surface area contributed by atoms with Crippen LogP contribution in [0.5, 0.6) is 0 Å². The Labute approximate surface area is 130 Å². The number of nitrogens with two attached hydrogens (primary N) is 1. The number of halogens is 1. The molecule has 0 unspecified atom stereocenters. The Morgan fingerprint density at radius 3 is 2.57 bits per heavy atom. The van der Waals surface area contributed by atoms with E-state index in [2.05, 4.69) is 19.1 Å². The van der Waals surface area contributed by atoms with Crippen LogP contribution in [0.15, 0.2) is 36.4 Å². The predicted molar refractivity (Wildman–Crippen MR) is 87.6 cm³/mol. The number of hydrogen-bond acceptors (Lipinski definition) is 2. The second-order valence-electron chi connectivity index (χ2n) is 5.32. The lowest BCUT2D eigenvalue weighted by molar-refractivity contribution is 0.0786. The molecule has 4 heteroatoms. The molecule has 0 bridgehead atoms. The van der Waals surface area contributed by atoms with Gasteiger partial charge in [0.25, 0.3) is 5.91 Å². The van der Waals surface area contributed by atoms with Gasteiger partial charge in [-0.2, -0.15) is 0 Å². The van der Waals surface area contributed by atoms with Crippen LogP contribution in [0.25, 0.3) is 0 Å². The molecule has 2 N–H and O–H groups in total. The summed E-state index contributed by atoms with van der Waals surface area (Å²) < 4.78 is 0. The fraction of sp³-hybridized carbons (Fsp3) is 0.235. The third kappa shape index (κ3) is 3.56. The predicted octanol–water partition coefficient (Wildman–Crippen LogP) is 3.81. The van der Waals surface area contributed by atoms with Crippen molar-refractivity contribution in [3.8, 4) is 0 Å². The Morgan fingerprint density at radius 2 is 1.90 bits per heavy atom. The van der Waals surface area contributed by atoms with Gasteiger partial charge < -0.3 is 10.6 Å². The summed E-state index contributed by atoms with van der Waals surface area (Å²) in [6, 6.07) is 11.2. The first-order chi connectivity index (χ1) is 9.88. The Hall–Kier alpha value is -2.00. The quantitative estimate of drug-likeness (QED) is 0.876. The van der Waals surface area contributed by atoms with Gasteiger partial charge >= 0.3 is 0 Å². The zero-order chi connectivity index (χ0) is 15.6. The molecule has 0 fully saturated rings. The molecule has 3 nitrogen and oxygen atoms in total. The Bertz CT molecular complexity index is 682. The first-order valence-electron chi connectivity index (χ1n) is 6.75. The fourth-order valence-corrected chi connectivity index (χ4v) is 2.44. The smallest absolute Gasteiger partial charge is 0.256 e. The molecule has 0 heterocycles. The van der Waals surface area contributed by atoms with Crippen molar-refractivity contribution < 1.29 is 4.79 Å². The molecule has 0 aromatic heterocycles. The largest absolute Gasteiger partial charge is 0.398 e. The van der Waals surface area contributed by atoms with Gasteiger partial charge in [-0.25, -0.2) is 0 Å². The summed E-state index contributed by atoms with van der Waals surface area (Å²) in [6.45, 7) is 4.64. The van der Waals surface area contributed by atoms with E-state index < -0.39 is 0 Å². The van der Waals surface area contributed by atoms with Crippen LogP contribution in [-0.2, 0) is 6.54 Å². The second-order valence-corrected chi connectivity index (χ2v) is 5.76. The van der Waals surface area contributed by atoms with E-state index in [1.54, 1.807) is 30.1 Å². The lowest BCUT2D eigenvalue weighted by atomic mass is 10.0. The lowest BCUT2D eigenvalue weighted by Gasteiger charge is -2.20. The Balaban J connectivity index is 2.21. The number of hydrogen-bond donors (Lipinski definition) is 1. The van der Waals surface area contributed by atoms with E-state index in [0.29, 0.717) is 22.8 Å². The first-order valence-corrected chi connectivity index (χ1v) is 7.13. The summed E-state index contributed by atoms with van der Waals surface area (Å²) >= 11 is 5.94. The molecule has 110 valence electrons. The van der Waals surface area contributed by atoms with Gasteiger partial charge in [0, 0.05) is 24.3 Å². The Kier molecular flexibility index (Phi) is 4.53. The maximum Gasteiger partial charge on any atom is 0.256 e. The number of carbonyl (C=O) groups excluding carboxylic acids is 1. The van der Waals surface area contributed by atoms with Crippen LogP contribution in [0.3, 0.4) is 0 Å². The van der Waals surface area contributed by atoms with E-state index in [1.165, 1.54) is 11.1 Å². The summed E-state index contributed by atoms with van der Waals surface area (Å²) in [5.41, 5.74) is 10.3. The molecule has 21 heavy (non-hydrogen) atoms. The molecule has 0 saturated heterocycles. The number of anilines is 1. The van der Waals surface area contributed by atoms with Gasteiger partial charge in [0.05, 0.1) is 5.56 Å². The van der Waals surface area contributed by atoms with E-state index in [4.69, 9.17) is 17.3 Å². The standard InChI is InChI=1S/C17H19ClN2O/c1-11-4-5-13(12(2)8-11)10-20(3)17(21)15-9-14(18)6-7-16(15)19/h4-9H,10,19H2,1-3H3. The van der Waals surface area contributed by atoms with Crippen molar-refractivity contribution >= 4 is 23.2 Å². The Morgan fingerprint density at radius 1 is 1.19 bits per heavy atom. The maximum absolute atomic E-state index is 12.5. The van der Waals surface area contributed by atoms with Crippen molar-refractivity contribution in [3.05, 3.63) is 63.7 Å². The van der Waals surface area contributed by atoms with Gasteiger partial charge in [0.2, 0.25) is 0 Å². The van der Waals surface area contributed by atoms with Crippen LogP contribution in [-0.4, -0.2) is 17.9 Å². The molecule has 0 saturated carbocycles. The minimum atomic E-state index is -0.130. The van der Waals surface area contributed by atoms with E-state index in [1.807, 2.05) is 13.0 Å². The molecule has 2 aromatic rings. The third-order valence-corrected chi connectivity index (χ3v) is 3.73. The normalized spacial score (nSPS) is 10.5. The van der Waals surface area contributed by atoms with E-state index in [9.17, 15) is 4.79 Å². The van der Waals surface area contributed by atoms with E-state index >= 15 is 0 Å². The molecular formula is C17H19ClN2O. The zero-order valence-electron chi connectivity index (χ0n) is 12.5. The molecule has 0 aliphatic rings. The van der Waals surface area contributed by atoms with Gasteiger partial charge in [-0.15, -0.1) is 0 Å². The van der Waals surface area contributed by atoms with Crippen LogP contribution in [0.2, 0.25) is 5.02 Å². The number of benzene rings is 2. The molecule has 0 aliphatic heterocycles. The molecular weight excluding hydrogens is 284 g/mol. The van der Waals surface area contributed by atoms with Crippen molar-refractivity contribution in [2.45, 2.75) is 20.4 Å². The van der Waals surface area contributed by atoms with Crippen molar-refractivity contribution in [1.29, 1.82) is 0 Å². The average molecular weight is 303 g/mol. The van der Waals surface area contributed by atoms with Crippen molar-refractivity contribution in [3.63, 3.8) is 0 Å². The summed E-state index contributed by atoms with van der Waals surface area (Å²) in [4.78, 5) is 14.1. The number of aryl methyl sites for hydroxylation is 2. The van der Waals surface area contributed by atoms with Crippen LogP contribution < -0.4 is 5.73 Å². The number of amides is 1. The summed E-state index contributed by atoms with van der Waals surface area (Å²) in [5.74, 6) is -0.130. The molecule has 1 amide bonds. The van der Waals surface area contributed by atoms with Crippen molar-refractivity contribution in [2.75, 3.05) is 12.8 Å².